The summed E-state index contributed by atoms with van der Waals surface area (Å²) in [4.78, 5) is 0. The molecule has 0 heterocycles. The van der Waals surface area contributed by atoms with Gasteiger partial charge in [0.15, 0.2) is 0 Å². The van der Waals surface area contributed by atoms with Gasteiger partial charge in [0.2, 0.25) is 0 Å². The first-order valence-corrected chi connectivity index (χ1v) is 6.47. The van der Waals surface area contributed by atoms with Crippen molar-refractivity contribution in [2.75, 3.05) is 5.73 Å². The van der Waals surface area contributed by atoms with E-state index in [1.54, 1.807) is 0 Å². The van der Waals surface area contributed by atoms with Gasteiger partial charge in [-0.25, -0.2) is 0 Å². The van der Waals surface area contributed by atoms with Crippen LogP contribution in [0.4, 0.5) is 5.69 Å². The highest BCUT2D eigenvalue weighted by atomic mass is 14.5. The average Bonchev–Trinajstić information content (AvgIpc) is 2.29. The topological polar surface area (TPSA) is 26.0 Å². The van der Waals surface area contributed by atoms with Crippen molar-refractivity contribution in [1.29, 1.82) is 0 Å². The van der Waals surface area contributed by atoms with E-state index in [0.29, 0.717) is 11.3 Å². The molecular weight excluding hydrogens is 194 g/mol. The van der Waals surface area contributed by atoms with Crippen LogP contribution in [0.2, 0.25) is 0 Å². The van der Waals surface area contributed by atoms with Gasteiger partial charge < -0.3 is 5.73 Å². The molecule has 1 aliphatic carbocycles. The van der Waals surface area contributed by atoms with Crippen molar-refractivity contribution >= 4 is 5.69 Å². The van der Waals surface area contributed by atoms with Gasteiger partial charge in [-0.2, -0.15) is 0 Å². The summed E-state index contributed by atoms with van der Waals surface area (Å²) in [6.07, 6.45) is 6.93. The third-order valence-corrected chi connectivity index (χ3v) is 4.45. The van der Waals surface area contributed by atoms with E-state index in [0.717, 1.165) is 5.69 Å². The molecule has 1 aliphatic rings. The van der Waals surface area contributed by atoms with Crippen molar-refractivity contribution in [3.63, 3.8) is 0 Å². The molecule has 0 amide bonds. The van der Waals surface area contributed by atoms with Crippen molar-refractivity contribution in [1.82, 2.24) is 0 Å². The Morgan fingerprint density at radius 3 is 2.50 bits per heavy atom. The molecule has 0 radical (unpaired) electrons. The first-order valence-electron chi connectivity index (χ1n) is 6.47. The largest absolute Gasteiger partial charge is 0.399 e. The van der Waals surface area contributed by atoms with Crippen molar-refractivity contribution in [3.8, 4) is 0 Å². The van der Waals surface area contributed by atoms with Gasteiger partial charge in [0.25, 0.3) is 0 Å². The van der Waals surface area contributed by atoms with Gasteiger partial charge in [0.1, 0.15) is 0 Å². The number of anilines is 1. The molecule has 2 rings (SSSR count). The lowest BCUT2D eigenvalue weighted by Crippen LogP contribution is -2.26. The van der Waals surface area contributed by atoms with Crippen LogP contribution in [0, 0.1) is 5.41 Å². The number of hydrogen-bond acceptors (Lipinski definition) is 1. The monoisotopic (exact) mass is 217 g/mol. The second kappa shape index (κ2) is 4.48. The zero-order valence-electron chi connectivity index (χ0n) is 10.5. The van der Waals surface area contributed by atoms with Crippen molar-refractivity contribution in [3.05, 3.63) is 29.8 Å². The van der Waals surface area contributed by atoms with E-state index < -0.39 is 0 Å². The van der Waals surface area contributed by atoms with Crippen molar-refractivity contribution in [2.45, 2.75) is 51.9 Å². The normalized spacial score (nSPS) is 21.6. The SMILES string of the molecule is CC(c1cccc(N)c1)C1(C)CCCCC1. The number of nitrogen functional groups attached to an aromatic ring is 1. The maximum Gasteiger partial charge on any atom is 0.0316 e. The van der Waals surface area contributed by atoms with Crippen LogP contribution in [0.3, 0.4) is 0 Å². The molecule has 1 aromatic rings. The molecule has 0 spiro atoms. The third-order valence-electron chi connectivity index (χ3n) is 4.45. The zero-order valence-corrected chi connectivity index (χ0v) is 10.5. The van der Waals surface area contributed by atoms with Crippen LogP contribution < -0.4 is 5.73 Å². The Morgan fingerprint density at radius 1 is 1.19 bits per heavy atom. The highest BCUT2D eigenvalue weighted by molar-refractivity contribution is 5.42. The highest BCUT2D eigenvalue weighted by Gasteiger charge is 2.33. The summed E-state index contributed by atoms with van der Waals surface area (Å²) in [5.74, 6) is 0.622. The minimum absolute atomic E-state index is 0.478. The Balaban J connectivity index is 2.20. The first kappa shape index (κ1) is 11.5. The van der Waals surface area contributed by atoms with Crippen LogP contribution in [-0.4, -0.2) is 0 Å². The van der Waals surface area contributed by atoms with Crippen LogP contribution >= 0.6 is 0 Å². The fourth-order valence-corrected chi connectivity index (χ4v) is 3.02. The van der Waals surface area contributed by atoms with Crippen LogP contribution in [0.1, 0.15) is 57.4 Å². The number of nitrogens with two attached hydrogens (primary N) is 1. The molecule has 1 aromatic carbocycles. The predicted molar refractivity (Wildman–Crippen MR) is 70.5 cm³/mol. The maximum absolute atomic E-state index is 5.87. The van der Waals surface area contributed by atoms with Crippen molar-refractivity contribution < 1.29 is 0 Å². The van der Waals surface area contributed by atoms with E-state index in [1.807, 2.05) is 6.07 Å². The molecule has 88 valence electrons. The highest BCUT2D eigenvalue weighted by Crippen LogP contribution is 2.46. The minimum Gasteiger partial charge on any atom is -0.399 e. The smallest absolute Gasteiger partial charge is 0.0316 e. The fourth-order valence-electron chi connectivity index (χ4n) is 3.02. The standard InChI is InChI=1S/C15H23N/c1-12(13-7-6-8-14(16)11-13)15(2)9-4-3-5-10-15/h6-8,11-12H,3-5,9-10,16H2,1-2H3. The second-order valence-corrected chi connectivity index (χ2v) is 5.61. The Hall–Kier alpha value is -0.980. The minimum atomic E-state index is 0.478. The zero-order chi connectivity index (χ0) is 11.6. The van der Waals surface area contributed by atoms with Gasteiger partial charge in [-0.15, -0.1) is 0 Å². The Labute approximate surface area is 99.0 Å². The van der Waals surface area contributed by atoms with Crippen LogP contribution in [0.5, 0.6) is 0 Å². The number of hydrogen-bond donors (Lipinski definition) is 1. The lowest BCUT2D eigenvalue weighted by atomic mass is 9.66. The molecular formula is C15H23N. The molecule has 0 saturated heterocycles. The van der Waals surface area contributed by atoms with E-state index >= 15 is 0 Å². The maximum atomic E-state index is 5.87. The van der Waals surface area contributed by atoms with Gasteiger partial charge in [-0.05, 0) is 41.9 Å². The summed E-state index contributed by atoms with van der Waals surface area (Å²) >= 11 is 0. The number of benzene rings is 1. The van der Waals surface area contributed by atoms with E-state index in [4.69, 9.17) is 5.73 Å². The van der Waals surface area contributed by atoms with Crippen LogP contribution in [0.25, 0.3) is 0 Å². The van der Waals surface area contributed by atoms with E-state index in [1.165, 1.54) is 37.7 Å². The molecule has 1 heteroatoms. The van der Waals surface area contributed by atoms with Gasteiger partial charge in [-0.3, -0.25) is 0 Å². The molecule has 0 aromatic heterocycles. The van der Waals surface area contributed by atoms with Crippen molar-refractivity contribution in [2.24, 2.45) is 5.41 Å². The fraction of sp³-hybridized carbons (Fsp3) is 0.600. The summed E-state index contributed by atoms with van der Waals surface area (Å²) in [6.45, 7) is 4.81. The molecule has 0 bridgehead atoms. The second-order valence-electron chi connectivity index (χ2n) is 5.61. The summed E-state index contributed by atoms with van der Waals surface area (Å²) in [6, 6.07) is 8.41. The first-order chi connectivity index (χ1) is 7.62. The van der Waals surface area contributed by atoms with E-state index in [9.17, 15) is 0 Å². The van der Waals surface area contributed by atoms with E-state index in [-0.39, 0.29) is 0 Å². The molecule has 1 nitrogen and oxygen atoms in total. The summed E-state index contributed by atoms with van der Waals surface area (Å²) in [5, 5.41) is 0. The lowest BCUT2D eigenvalue weighted by molar-refractivity contribution is 0.177. The van der Waals surface area contributed by atoms with Crippen LogP contribution in [0.15, 0.2) is 24.3 Å². The molecule has 2 N–H and O–H groups in total. The predicted octanol–water partition coefficient (Wildman–Crippen LogP) is 4.34. The van der Waals surface area contributed by atoms with E-state index in [2.05, 4.69) is 32.0 Å². The Kier molecular flexibility index (Phi) is 3.22. The van der Waals surface area contributed by atoms with Gasteiger partial charge in [-0.1, -0.05) is 45.2 Å². The van der Waals surface area contributed by atoms with Gasteiger partial charge in [0, 0.05) is 5.69 Å². The molecule has 0 aliphatic heterocycles. The van der Waals surface area contributed by atoms with Crippen LogP contribution in [-0.2, 0) is 0 Å². The summed E-state index contributed by atoms with van der Waals surface area (Å²) in [7, 11) is 0. The third kappa shape index (κ3) is 2.23. The van der Waals surface area contributed by atoms with Gasteiger partial charge >= 0.3 is 0 Å². The molecule has 1 atom stereocenters. The molecule has 1 unspecified atom stereocenters. The quantitative estimate of drug-likeness (QED) is 0.733. The number of rotatable bonds is 2. The molecule has 1 saturated carbocycles. The Bertz CT molecular complexity index is 350. The summed E-state index contributed by atoms with van der Waals surface area (Å²) < 4.78 is 0. The molecule has 16 heavy (non-hydrogen) atoms. The lowest BCUT2D eigenvalue weighted by Gasteiger charge is -2.39. The average molecular weight is 217 g/mol. The summed E-state index contributed by atoms with van der Waals surface area (Å²) in [5.41, 5.74) is 8.65. The van der Waals surface area contributed by atoms with Gasteiger partial charge in [0.05, 0.1) is 0 Å². The molecule has 1 fully saturated rings. The Morgan fingerprint density at radius 2 is 1.88 bits per heavy atom.